The molecule has 1 fully saturated rings. The van der Waals surface area contributed by atoms with Crippen molar-refractivity contribution in [3.63, 3.8) is 0 Å². The molecule has 3 aromatic rings. The van der Waals surface area contributed by atoms with Gasteiger partial charge in [0.05, 0.1) is 17.0 Å². The average molecular weight is 439 g/mol. The van der Waals surface area contributed by atoms with Gasteiger partial charge in [-0.05, 0) is 30.4 Å². The predicted octanol–water partition coefficient (Wildman–Crippen LogP) is 4.57. The Kier molecular flexibility index (Phi) is 6.31. The van der Waals surface area contributed by atoms with Gasteiger partial charge in [-0.3, -0.25) is 9.69 Å². The van der Waals surface area contributed by atoms with Gasteiger partial charge >= 0.3 is 0 Å². The van der Waals surface area contributed by atoms with Crippen LogP contribution in [0.5, 0.6) is 0 Å². The molecule has 5 rings (SSSR count). The number of aromatic nitrogens is 2. The summed E-state index contributed by atoms with van der Waals surface area (Å²) in [5.74, 6) is 1.11. The highest BCUT2D eigenvalue weighted by atomic mass is 16.1. The summed E-state index contributed by atoms with van der Waals surface area (Å²) in [5.41, 5.74) is 4.97. The smallest absolute Gasteiger partial charge is 0.225 e. The second-order valence-electron chi connectivity index (χ2n) is 9.04. The van der Waals surface area contributed by atoms with Crippen LogP contribution in [-0.4, -0.2) is 46.8 Å². The largest absolute Gasteiger partial charge is 0.338 e. The molecule has 0 spiro atoms. The van der Waals surface area contributed by atoms with E-state index in [1.165, 1.54) is 5.56 Å². The molecule has 0 bridgehead atoms. The zero-order valence-corrected chi connectivity index (χ0v) is 19.2. The molecule has 1 aliphatic heterocycles. The number of hydrogen-bond acceptors (Lipinski definition) is 5. The molecule has 2 aromatic carbocycles. The fourth-order valence-electron chi connectivity index (χ4n) is 4.82. The van der Waals surface area contributed by atoms with E-state index in [1.807, 2.05) is 25.1 Å². The number of rotatable bonds is 5. The van der Waals surface area contributed by atoms with Gasteiger partial charge in [0, 0.05) is 39.1 Å². The average Bonchev–Trinajstić information content (AvgIpc) is 2.84. The van der Waals surface area contributed by atoms with Crippen LogP contribution in [0.2, 0.25) is 0 Å². The van der Waals surface area contributed by atoms with Crippen LogP contribution >= 0.6 is 0 Å². The van der Waals surface area contributed by atoms with Crippen molar-refractivity contribution in [2.45, 2.75) is 26.3 Å². The summed E-state index contributed by atoms with van der Waals surface area (Å²) in [6.07, 6.45) is 5.59. The van der Waals surface area contributed by atoms with Crippen LogP contribution in [0.4, 0.5) is 5.95 Å². The molecule has 1 aliphatic carbocycles. The van der Waals surface area contributed by atoms with Crippen LogP contribution in [0, 0.1) is 12.8 Å². The fourth-order valence-corrected chi connectivity index (χ4v) is 4.82. The van der Waals surface area contributed by atoms with E-state index in [2.05, 4.69) is 64.4 Å². The second-order valence-corrected chi connectivity index (χ2v) is 9.04. The van der Waals surface area contributed by atoms with E-state index in [0.717, 1.165) is 67.6 Å². The topological polar surface area (TPSA) is 49.3 Å². The maximum absolute atomic E-state index is 12.9. The van der Waals surface area contributed by atoms with Crippen molar-refractivity contribution in [1.82, 2.24) is 14.9 Å². The first kappa shape index (κ1) is 21.5. The minimum Gasteiger partial charge on any atom is -0.338 e. The minimum atomic E-state index is 0.163. The van der Waals surface area contributed by atoms with Crippen LogP contribution in [0.15, 0.2) is 66.7 Å². The van der Waals surface area contributed by atoms with Gasteiger partial charge in [0.1, 0.15) is 0 Å². The Hall–Kier alpha value is -3.31. The van der Waals surface area contributed by atoms with E-state index >= 15 is 0 Å². The van der Waals surface area contributed by atoms with E-state index in [0.29, 0.717) is 6.42 Å². The van der Waals surface area contributed by atoms with Crippen LogP contribution in [0.25, 0.3) is 6.08 Å². The number of carbonyl (C=O) groups is 1. The number of benzene rings is 2. The number of piperazine rings is 1. The van der Waals surface area contributed by atoms with Gasteiger partial charge in [-0.15, -0.1) is 0 Å². The van der Waals surface area contributed by atoms with E-state index in [-0.39, 0.29) is 11.7 Å². The first-order chi connectivity index (χ1) is 16.2. The maximum atomic E-state index is 12.9. The Labute approximate surface area is 195 Å². The number of carbonyl (C=O) groups excluding carboxylic acids is 1. The van der Waals surface area contributed by atoms with Crippen molar-refractivity contribution in [2.24, 2.45) is 5.92 Å². The summed E-state index contributed by atoms with van der Waals surface area (Å²) in [6, 6.07) is 20.9. The lowest BCUT2D eigenvalue weighted by Crippen LogP contribution is -2.46. The molecule has 33 heavy (non-hydrogen) atoms. The van der Waals surface area contributed by atoms with Crippen LogP contribution in [0.1, 0.15) is 39.3 Å². The number of allylic oxidation sites excluding steroid dienone is 1. The summed E-state index contributed by atoms with van der Waals surface area (Å²) in [6.45, 7) is 6.69. The fraction of sp³-hybridized carbons (Fsp3) is 0.321. The third kappa shape index (κ3) is 5.04. The van der Waals surface area contributed by atoms with E-state index in [9.17, 15) is 4.79 Å². The SMILES string of the molecule is Cc1nc(N2CCN(Cc3ccccc3)CC2)nc2c1C(=O)CC(C=Cc1ccccc1)C2. The molecule has 2 heterocycles. The lowest BCUT2D eigenvalue weighted by molar-refractivity contribution is 0.0956. The monoisotopic (exact) mass is 438 g/mol. The standard InChI is InChI=1S/C28H30N4O/c1-21-27-25(18-24(19-26(27)33)13-12-22-8-4-2-5-9-22)30-28(29-21)32-16-14-31(15-17-32)20-23-10-6-3-7-11-23/h2-13,24H,14-20H2,1H3. The maximum Gasteiger partial charge on any atom is 0.225 e. The van der Waals surface area contributed by atoms with E-state index < -0.39 is 0 Å². The third-order valence-electron chi connectivity index (χ3n) is 6.60. The summed E-state index contributed by atoms with van der Waals surface area (Å²) in [5, 5.41) is 0. The number of fused-ring (bicyclic) bond motifs is 1. The molecular formula is C28H30N4O. The van der Waals surface area contributed by atoms with Gasteiger partial charge in [-0.25, -0.2) is 9.97 Å². The zero-order chi connectivity index (χ0) is 22.6. The minimum absolute atomic E-state index is 0.163. The molecule has 1 unspecified atom stereocenters. The van der Waals surface area contributed by atoms with Gasteiger partial charge in [0.15, 0.2) is 5.78 Å². The number of anilines is 1. The lowest BCUT2D eigenvalue weighted by atomic mass is 9.85. The molecule has 0 radical (unpaired) electrons. The van der Waals surface area contributed by atoms with Crippen molar-refractivity contribution >= 4 is 17.8 Å². The molecule has 1 atom stereocenters. The Bertz CT molecular complexity index is 1140. The normalized spacial score (nSPS) is 19.1. The van der Waals surface area contributed by atoms with Gasteiger partial charge in [0.2, 0.25) is 5.95 Å². The van der Waals surface area contributed by atoms with Gasteiger partial charge in [-0.2, -0.15) is 0 Å². The Morgan fingerprint density at radius 3 is 2.33 bits per heavy atom. The van der Waals surface area contributed by atoms with Crippen LogP contribution < -0.4 is 4.90 Å². The predicted molar refractivity (Wildman–Crippen MR) is 132 cm³/mol. The number of aryl methyl sites for hydroxylation is 1. The number of nitrogens with zero attached hydrogens (tertiary/aromatic N) is 4. The van der Waals surface area contributed by atoms with Crippen LogP contribution in [-0.2, 0) is 13.0 Å². The highest BCUT2D eigenvalue weighted by Crippen LogP contribution is 2.29. The summed E-state index contributed by atoms with van der Waals surface area (Å²) < 4.78 is 0. The number of ketones is 1. The first-order valence-electron chi connectivity index (χ1n) is 11.8. The number of hydrogen-bond donors (Lipinski definition) is 0. The van der Waals surface area contributed by atoms with E-state index in [4.69, 9.17) is 9.97 Å². The molecule has 5 heteroatoms. The molecule has 168 valence electrons. The molecule has 0 N–H and O–H groups in total. The van der Waals surface area contributed by atoms with Gasteiger partial charge < -0.3 is 4.90 Å². The van der Waals surface area contributed by atoms with Gasteiger partial charge in [-0.1, -0.05) is 72.8 Å². The molecular weight excluding hydrogens is 408 g/mol. The van der Waals surface area contributed by atoms with E-state index in [1.54, 1.807) is 0 Å². The summed E-state index contributed by atoms with van der Waals surface area (Å²) in [7, 11) is 0. The quantitative estimate of drug-likeness (QED) is 0.584. The van der Waals surface area contributed by atoms with Crippen molar-refractivity contribution in [2.75, 3.05) is 31.1 Å². The van der Waals surface area contributed by atoms with Crippen molar-refractivity contribution < 1.29 is 4.79 Å². The van der Waals surface area contributed by atoms with Crippen LogP contribution in [0.3, 0.4) is 0 Å². The molecule has 5 nitrogen and oxygen atoms in total. The second kappa shape index (κ2) is 9.67. The van der Waals surface area contributed by atoms with Crippen molar-refractivity contribution in [3.8, 4) is 0 Å². The van der Waals surface area contributed by atoms with Gasteiger partial charge in [0.25, 0.3) is 0 Å². The molecule has 1 aromatic heterocycles. The molecule has 2 aliphatic rings. The molecule has 1 saturated heterocycles. The molecule has 0 amide bonds. The summed E-state index contributed by atoms with van der Waals surface area (Å²) in [4.78, 5) is 27.3. The third-order valence-corrected chi connectivity index (χ3v) is 6.60. The lowest BCUT2D eigenvalue weighted by Gasteiger charge is -2.35. The Morgan fingerprint density at radius 1 is 0.909 bits per heavy atom. The highest BCUT2D eigenvalue weighted by molar-refractivity contribution is 5.99. The Morgan fingerprint density at radius 2 is 1.61 bits per heavy atom. The van der Waals surface area contributed by atoms with Crippen molar-refractivity contribution in [1.29, 1.82) is 0 Å². The first-order valence-corrected chi connectivity index (χ1v) is 11.8. The van der Waals surface area contributed by atoms with Crippen molar-refractivity contribution in [3.05, 3.63) is 94.8 Å². The molecule has 0 saturated carbocycles. The zero-order valence-electron chi connectivity index (χ0n) is 19.2. The number of Topliss-reactive ketones (excluding diaryl/α,β-unsaturated/α-hetero) is 1. The highest BCUT2D eigenvalue weighted by Gasteiger charge is 2.29. The summed E-state index contributed by atoms with van der Waals surface area (Å²) >= 11 is 0. The Balaban J connectivity index is 1.28.